The van der Waals surface area contributed by atoms with Gasteiger partial charge in [0.05, 0.1) is 5.69 Å². The Balaban J connectivity index is 2.23. The van der Waals surface area contributed by atoms with Crippen LogP contribution in [0.15, 0.2) is 40.1 Å². The fraction of sp³-hybridized carbons (Fsp3) is 0.176. The highest BCUT2D eigenvalue weighted by Gasteiger charge is 2.18. The second-order valence-electron chi connectivity index (χ2n) is 5.69. The molecular formula is C17H15ClN4O3. The first-order valence-electron chi connectivity index (χ1n) is 7.43. The number of nitrogens with one attached hydrogen (secondary N) is 1. The summed E-state index contributed by atoms with van der Waals surface area (Å²) in [6, 6.07) is 6.48. The largest absolute Gasteiger partial charge is 0.332 e. The van der Waals surface area contributed by atoms with Crippen molar-refractivity contribution in [1.82, 2.24) is 14.1 Å². The van der Waals surface area contributed by atoms with Crippen molar-refractivity contribution in [3.8, 4) is 0 Å². The van der Waals surface area contributed by atoms with E-state index in [9.17, 15) is 14.4 Å². The van der Waals surface area contributed by atoms with Gasteiger partial charge in [-0.15, -0.1) is 0 Å². The lowest BCUT2D eigenvalue weighted by atomic mass is 10.1. The van der Waals surface area contributed by atoms with Crippen LogP contribution in [0.4, 0.5) is 5.69 Å². The van der Waals surface area contributed by atoms with Crippen LogP contribution in [0.2, 0.25) is 5.02 Å². The first kappa shape index (κ1) is 16.9. The molecule has 0 unspecified atom stereocenters. The molecule has 1 N–H and O–H groups in total. The molecule has 1 amide bonds. The van der Waals surface area contributed by atoms with Crippen LogP contribution in [0.25, 0.3) is 11.0 Å². The molecule has 0 radical (unpaired) electrons. The lowest BCUT2D eigenvalue weighted by molar-refractivity contribution is 0.102. The van der Waals surface area contributed by atoms with Gasteiger partial charge in [0.1, 0.15) is 5.39 Å². The van der Waals surface area contributed by atoms with Crippen LogP contribution in [-0.2, 0) is 14.1 Å². The Morgan fingerprint density at radius 2 is 1.92 bits per heavy atom. The third kappa shape index (κ3) is 2.83. The minimum absolute atomic E-state index is 0.181. The molecule has 8 heteroatoms. The summed E-state index contributed by atoms with van der Waals surface area (Å²) in [6.07, 6.45) is 1.51. The number of amides is 1. The number of rotatable bonds is 2. The van der Waals surface area contributed by atoms with Crippen LogP contribution < -0.4 is 16.6 Å². The van der Waals surface area contributed by atoms with Crippen molar-refractivity contribution in [2.75, 3.05) is 5.32 Å². The van der Waals surface area contributed by atoms with Crippen LogP contribution in [0.1, 0.15) is 15.9 Å². The first-order valence-corrected chi connectivity index (χ1v) is 7.81. The van der Waals surface area contributed by atoms with E-state index in [1.165, 1.54) is 30.9 Å². The fourth-order valence-electron chi connectivity index (χ4n) is 2.60. The molecule has 3 rings (SSSR count). The number of benzene rings is 1. The van der Waals surface area contributed by atoms with Gasteiger partial charge in [-0.05, 0) is 30.7 Å². The van der Waals surface area contributed by atoms with E-state index in [1.54, 1.807) is 25.1 Å². The smallest absolute Gasteiger partial charge is 0.321 e. The molecule has 25 heavy (non-hydrogen) atoms. The summed E-state index contributed by atoms with van der Waals surface area (Å²) in [5.41, 5.74) is 0.500. The number of fused-ring (bicyclic) bond motifs is 1. The number of carbonyl (C=O) groups is 1. The van der Waals surface area contributed by atoms with E-state index in [4.69, 9.17) is 11.6 Å². The molecule has 0 atom stereocenters. The molecule has 2 aromatic heterocycles. The zero-order valence-corrected chi connectivity index (χ0v) is 14.6. The van der Waals surface area contributed by atoms with Gasteiger partial charge < -0.3 is 5.32 Å². The minimum Gasteiger partial charge on any atom is -0.321 e. The molecule has 0 saturated carbocycles. The van der Waals surface area contributed by atoms with Crippen molar-refractivity contribution < 1.29 is 4.79 Å². The molecule has 7 nitrogen and oxygen atoms in total. The van der Waals surface area contributed by atoms with Crippen molar-refractivity contribution in [2.45, 2.75) is 6.92 Å². The molecule has 128 valence electrons. The molecule has 0 bridgehead atoms. The summed E-state index contributed by atoms with van der Waals surface area (Å²) in [4.78, 5) is 41.4. The molecule has 0 spiro atoms. The Labute approximate surface area is 147 Å². The van der Waals surface area contributed by atoms with E-state index in [2.05, 4.69) is 10.3 Å². The third-order valence-electron chi connectivity index (χ3n) is 3.98. The van der Waals surface area contributed by atoms with Crippen LogP contribution in [0, 0.1) is 6.92 Å². The van der Waals surface area contributed by atoms with Gasteiger partial charge in [-0.3, -0.25) is 18.7 Å². The zero-order chi connectivity index (χ0) is 18.3. The number of hydrogen-bond acceptors (Lipinski definition) is 4. The summed E-state index contributed by atoms with van der Waals surface area (Å²) >= 11 is 5.92. The number of aryl methyl sites for hydroxylation is 2. The van der Waals surface area contributed by atoms with Crippen molar-refractivity contribution in [2.24, 2.45) is 14.1 Å². The third-order valence-corrected chi connectivity index (χ3v) is 4.22. The van der Waals surface area contributed by atoms with Gasteiger partial charge in [0.25, 0.3) is 11.5 Å². The van der Waals surface area contributed by atoms with E-state index in [0.29, 0.717) is 21.8 Å². The fourth-order valence-corrected chi connectivity index (χ4v) is 2.79. The molecule has 1 aromatic carbocycles. The maximum absolute atomic E-state index is 12.6. The normalized spacial score (nSPS) is 10.9. The van der Waals surface area contributed by atoms with E-state index in [1.807, 2.05) is 0 Å². The number of anilines is 1. The molecule has 2 heterocycles. The highest BCUT2D eigenvalue weighted by atomic mass is 35.5. The lowest BCUT2D eigenvalue weighted by Gasteiger charge is -2.13. The highest BCUT2D eigenvalue weighted by molar-refractivity contribution is 6.31. The molecule has 0 aliphatic carbocycles. The van der Waals surface area contributed by atoms with Crippen LogP contribution in [0.3, 0.4) is 0 Å². The van der Waals surface area contributed by atoms with Crippen molar-refractivity contribution in [3.63, 3.8) is 0 Å². The van der Waals surface area contributed by atoms with E-state index < -0.39 is 17.2 Å². The molecule has 0 aliphatic rings. The van der Waals surface area contributed by atoms with E-state index >= 15 is 0 Å². The summed E-state index contributed by atoms with van der Waals surface area (Å²) in [5.74, 6) is -0.408. The van der Waals surface area contributed by atoms with Crippen molar-refractivity contribution in [1.29, 1.82) is 0 Å². The summed E-state index contributed by atoms with van der Waals surface area (Å²) in [5, 5.41) is 3.36. The van der Waals surface area contributed by atoms with Crippen LogP contribution in [0.5, 0.6) is 0 Å². The van der Waals surface area contributed by atoms with Gasteiger partial charge in [-0.25, -0.2) is 9.78 Å². The topological polar surface area (TPSA) is 86.0 Å². The molecule has 0 saturated heterocycles. The Hall–Kier alpha value is -2.93. The zero-order valence-electron chi connectivity index (χ0n) is 13.8. The Morgan fingerprint density at radius 3 is 2.60 bits per heavy atom. The average molecular weight is 359 g/mol. The molecule has 0 aliphatic heterocycles. The number of aromatic nitrogens is 3. The number of carbonyl (C=O) groups excluding carboxylic acids is 1. The predicted molar refractivity (Wildman–Crippen MR) is 96.4 cm³/mol. The standard InChI is InChI=1S/C17H15ClN4O3/c1-9-8-19-14-12(16(24)22(3)17(25)21(14)2)13(9)20-15(23)10-5-4-6-11(18)7-10/h4-8H,1-3H3,(H,19,20,23). The average Bonchev–Trinajstić information content (AvgIpc) is 2.59. The van der Waals surface area contributed by atoms with Crippen molar-refractivity contribution in [3.05, 3.63) is 67.4 Å². The van der Waals surface area contributed by atoms with Gasteiger partial charge in [-0.2, -0.15) is 0 Å². The van der Waals surface area contributed by atoms with Crippen molar-refractivity contribution >= 4 is 34.2 Å². The maximum atomic E-state index is 12.6. The monoisotopic (exact) mass is 358 g/mol. The van der Waals surface area contributed by atoms with Gasteiger partial charge in [0.2, 0.25) is 0 Å². The number of hydrogen-bond donors (Lipinski definition) is 1. The molecule has 3 aromatic rings. The molecule has 0 fully saturated rings. The number of pyridine rings is 1. The number of nitrogens with zero attached hydrogens (tertiary/aromatic N) is 3. The summed E-state index contributed by atoms with van der Waals surface area (Å²) in [7, 11) is 2.91. The van der Waals surface area contributed by atoms with E-state index in [0.717, 1.165) is 4.57 Å². The molecular weight excluding hydrogens is 344 g/mol. The summed E-state index contributed by atoms with van der Waals surface area (Å²) < 4.78 is 2.25. The first-order chi connectivity index (χ1) is 11.8. The SMILES string of the molecule is Cc1cnc2c(c1NC(=O)c1cccc(Cl)c1)c(=O)n(C)c(=O)n2C. The van der Waals surface area contributed by atoms with Gasteiger partial charge >= 0.3 is 5.69 Å². The Kier molecular flexibility index (Phi) is 4.18. The minimum atomic E-state index is -0.518. The van der Waals surface area contributed by atoms with Gasteiger partial charge in [-0.1, -0.05) is 17.7 Å². The van der Waals surface area contributed by atoms with Crippen LogP contribution >= 0.6 is 11.6 Å². The lowest BCUT2D eigenvalue weighted by Crippen LogP contribution is -2.37. The predicted octanol–water partition coefficient (Wildman–Crippen LogP) is 1.85. The number of halogens is 1. The highest BCUT2D eigenvalue weighted by Crippen LogP contribution is 2.22. The Bertz CT molecular complexity index is 1130. The van der Waals surface area contributed by atoms with Gasteiger partial charge in [0.15, 0.2) is 5.65 Å². The summed E-state index contributed by atoms with van der Waals surface area (Å²) in [6.45, 7) is 1.73. The second kappa shape index (κ2) is 6.18. The Morgan fingerprint density at radius 1 is 1.20 bits per heavy atom. The maximum Gasteiger partial charge on any atom is 0.332 e. The van der Waals surface area contributed by atoms with E-state index in [-0.39, 0.29) is 11.0 Å². The quantitative estimate of drug-likeness (QED) is 0.757. The van der Waals surface area contributed by atoms with Gasteiger partial charge in [0, 0.05) is 30.9 Å². The second-order valence-corrected chi connectivity index (χ2v) is 6.12. The van der Waals surface area contributed by atoms with Crippen LogP contribution in [-0.4, -0.2) is 20.0 Å².